The van der Waals surface area contributed by atoms with Gasteiger partial charge in [0.15, 0.2) is 0 Å². The maximum atomic E-state index is 13.5. The zero-order valence-corrected chi connectivity index (χ0v) is 17.6. The molecule has 1 heterocycles. The molecular formula is C22H26ClFN6. The zero-order chi connectivity index (χ0) is 21.1. The van der Waals surface area contributed by atoms with E-state index in [2.05, 4.69) is 22.9 Å². The molecule has 0 radical (unpaired) electrons. The van der Waals surface area contributed by atoms with E-state index in [0.717, 1.165) is 35.4 Å². The molecule has 8 heteroatoms. The van der Waals surface area contributed by atoms with E-state index in [1.165, 1.54) is 25.0 Å². The van der Waals surface area contributed by atoms with E-state index < -0.39 is 5.82 Å². The van der Waals surface area contributed by atoms with Gasteiger partial charge < -0.3 is 21.7 Å². The van der Waals surface area contributed by atoms with Crippen molar-refractivity contribution in [2.75, 3.05) is 29.0 Å². The number of fused-ring (bicyclic) bond motifs is 1. The number of hydrogen-bond acceptors (Lipinski definition) is 6. The normalized spacial score (nSPS) is 14.5. The summed E-state index contributed by atoms with van der Waals surface area (Å²) < 4.78 is 13.5. The fraction of sp³-hybridized carbons (Fsp3) is 0.364. The molecular weight excluding hydrogens is 403 g/mol. The van der Waals surface area contributed by atoms with Gasteiger partial charge in [0, 0.05) is 23.7 Å². The highest BCUT2D eigenvalue weighted by atomic mass is 35.5. The largest absolute Gasteiger partial charge is 0.383 e. The molecule has 1 aliphatic carbocycles. The number of benzene rings is 2. The molecule has 4 rings (SSSR count). The number of hydrogen-bond donors (Lipinski definition) is 4. The van der Waals surface area contributed by atoms with Crippen molar-refractivity contribution < 1.29 is 4.39 Å². The summed E-state index contributed by atoms with van der Waals surface area (Å²) in [5.74, 6) is 1.41. The Morgan fingerprint density at radius 3 is 2.80 bits per heavy atom. The highest BCUT2D eigenvalue weighted by Gasteiger charge is 2.28. The van der Waals surface area contributed by atoms with E-state index in [9.17, 15) is 4.39 Å². The Bertz CT molecular complexity index is 1040. The van der Waals surface area contributed by atoms with Crippen LogP contribution in [-0.4, -0.2) is 29.1 Å². The molecule has 0 amide bonds. The predicted molar refractivity (Wildman–Crippen MR) is 122 cm³/mol. The van der Waals surface area contributed by atoms with Gasteiger partial charge in [-0.15, -0.1) is 0 Å². The van der Waals surface area contributed by atoms with Crippen molar-refractivity contribution in [3.8, 4) is 0 Å². The van der Waals surface area contributed by atoms with Crippen LogP contribution < -0.4 is 21.7 Å². The van der Waals surface area contributed by atoms with E-state index in [1.54, 1.807) is 6.07 Å². The fourth-order valence-corrected chi connectivity index (χ4v) is 3.60. The molecule has 1 saturated carbocycles. The molecule has 1 unspecified atom stereocenters. The van der Waals surface area contributed by atoms with Crippen LogP contribution in [0.25, 0.3) is 10.9 Å². The van der Waals surface area contributed by atoms with Crippen molar-refractivity contribution in [1.29, 1.82) is 0 Å². The highest BCUT2D eigenvalue weighted by molar-refractivity contribution is 6.31. The number of aromatic nitrogens is 2. The van der Waals surface area contributed by atoms with Gasteiger partial charge in [0.2, 0.25) is 5.95 Å². The molecule has 0 aliphatic heterocycles. The van der Waals surface area contributed by atoms with E-state index in [1.807, 2.05) is 18.2 Å². The zero-order valence-electron chi connectivity index (χ0n) is 16.9. The maximum absolute atomic E-state index is 13.5. The standard InChI is InChI=1S/C22H26ClFN6/c1-13(14-6-7-14)27-21-16-4-2-5-19(26-11-3-10-25)20(16)29-22(30-21)28-15-8-9-18(24)17(23)12-15/h2,4-5,8-9,12-14,26H,3,6-7,10-11,25H2,1H3,(H2,27,28,29,30). The van der Waals surface area contributed by atoms with Gasteiger partial charge in [-0.25, -0.2) is 9.37 Å². The van der Waals surface area contributed by atoms with E-state index in [0.29, 0.717) is 30.1 Å². The van der Waals surface area contributed by atoms with Crippen LogP contribution in [0.4, 0.5) is 27.5 Å². The number of rotatable bonds is 9. The molecule has 2 aromatic carbocycles. The number of anilines is 4. The lowest BCUT2D eigenvalue weighted by molar-refractivity contribution is 0.628. The van der Waals surface area contributed by atoms with Crippen molar-refractivity contribution in [1.82, 2.24) is 9.97 Å². The minimum Gasteiger partial charge on any atom is -0.383 e. The average Bonchev–Trinajstić information content (AvgIpc) is 3.57. The minimum atomic E-state index is -0.464. The van der Waals surface area contributed by atoms with Crippen LogP contribution in [0.3, 0.4) is 0 Å². The summed E-state index contributed by atoms with van der Waals surface area (Å²) >= 11 is 5.92. The summed E-state index contributed by atoms with van der Waals surface area (Å²) in [6, 6.07) is 10.8. The lowest BCUT2D eigenvalue weighted by Gasteiger charge is -2.18. The number of halogens is 2. The molecule has 0 bridgehead atoms. The van der Waals surface area contributed by atoms with Crippen LogP contribution in [0.1, 0.15) is 26.2 Å². The third-order valence-corrected chi connectivity index (χ3v) is 5.58. The van der Waals surface area contributed by atoms with Crippen molar-refractivity contribution in [3.05, 3.63) is 47.2 Å². The topological polar surface area (TPSA) is 87.9 Å². The second-order valence-corrected chi connectivity index (χ2v) is 8.10. The van der Waals surface area contributed by atoms with E-state index in [4.69, 9.17) is 27.3 Å². The summed E-state index contributed by atoms with van der Waals surface area (Å²) in [4.78, 5) is 9.45. The van der Waals surface area contributed by atoms with E-state index >= 15 is 0 Å². The number of nitrogens with one attached hydrogen (secondary N) is 3. The maximum Gasteiger partial charge on any atom is 0.229 e. The molecule has 158 valence electrons. The van der Waals surface area contributed by atoms with Gasteiger partial charge in [0.05, 0.1) is 10.7 Å². The van der Waals surface area contributed by atoms with Gasteiger partial charge in [-0.2, -0.15) is 4.98 Å². The summed E-state index contributed by atoms with van der Waals surface area (Å²) in [6.07, 6.45) is 3.34. The van der Waals surface area contributed by atoms with Gasteiger partial charge >= 0.3 is 0 Å². The molecule has 0 saturated heterocycles. The van der Waals surface area contributed by atoms with Crippen LogP contribution in [0.15, 0.2) is 36.4 Å². The lowest BCUT2D eigenvalue weighted by Crippen LogP contribution is -2.19. The molecule has 1 aromatic heterocycles. The Morgan fingerprint density at radius 2 is 2.07 bits per heavy atom. The van der Waals surface area contributed by atoms with Crippen LogP contribution >= 0.6 is 11.6 Å². The van der Waals surface area contributed by atoms with Crippen LogP contribution in [0.5, 0.6) is 0 Å². The molecule has 3 aromatic rings. The van der Waals surface area contributed by atoms with Crippen molar-refractivity contribution >= 4 is 45.6 Å². The first-order valence-corrected chi connectivity index (χ1v) is 10.7. The summed E-state index contributed by atoms with van der Waals surface area (Å²) in [7, 11) is 0. The highest BCUT2D eigenvalue weighted by Crippen LogP contribution is 2.36. The molecule has 1 aliphatic rings. The molecule has 30 heavy (non-hydrogen) atoms. The average molecular weight is 429 g/mol. The number of para-hydroxylation sites is 1. The molecule has 1 fully saturated rings. The lowest BCUT2D eigenvalue weighted by atomic mass is 10.1. The Hall–Kier alpha value is -2.64. The smallest absolute Gasteiger partial charge is 0.229 e. The van der Waals surface area contributed by atoms with Crippen LogP contribution in [0.2, 0.25) is 5.02 Å². The number of nitrogens with two attached hydrogens (primary N) is 1. The van der Waals surface area contributed by atoms with Crippen molar-refractivity contribution in [3.63, 3.8) is 0 Å². The molecule has 5 N–H and O–H groups in total. The second-order valence-electron chi connectivity index (χ2n) is 7.69. The third kappa shape index (κ3) is 4.74. The van der Waals surface area contributed by atoms with E-state index in [-0.39, 0.29) is 5.02 Å². The second kappa shape index (κ2) is 9.02. The number of nitrogens with zero attached hydrogens (tertiary/aromatic N) is 2. The molecule has 1 atom stereocenters. The Morgan fingerprint density at radius 1 is 1.23 bits per heavy atom. The van der Waals surface area contributed by atoms with Crippen LogP contribution in [-0.2, 0) is 0 Å². The Kier molecular flexibility index (Phi) is 6.20. The third-order valence-electron chi connectivity index (χ3n) is 5.29. The van der Waals surface area contributed by atoms with Gasteiger partial charge in [-0.1, -0.05) is 17.7 Å². The van der Waals surface area contributed by atoms with Gasteiger partial charge in [-0.05, 0) is 69.0 Å². The Labute approximate surface area is 180 Å². The van der Waals surface area contributed by atoms with Gasteiger partial charge in [-0.3, -0.25) is 0 Å². The van der Waals surface area contributed by atoms with Gasteiger partial charge in [0.25, 0.3) is 0 Å². The summed E-state index contributed by atoms with van der Waals surface area (Å²) in [6.45, 7) is 3.57. The summed E-state index contributed by atoms with van der Waals surface area (Å²) in [5, 5.41) is 11.1. The quantitative estimate of drug-likeness (QED) is 0.353. The first-order chi connectivity index (χ1) is 14.5. The first-order valence-electron chi connectivity index (χ1n) is 10.3. The minimum absolute atomic E-state index is 0.0469. The van der Waals surface area contributed by atoms with Crippen molar-refractivity contribution in [2.45, 2.75) is 32.2 Å². The molecule has 0 spiro atoms. The first kappa shape index (κ1) is 20.6. The predicted octanol–water partition coefficient (Wildman–Crippen LogP) is 5.14. The fourth-order valence-electron chi connectivity index (χ4n) is 3.42. The van der Waals surface area contributed by atoms with Crippen LogP contribution in [0, 0.1) is 11.7 Å². The monoisotopic (exact) mass is 428 g/mol. The molecule has 6 nitrogen and oxygen atoms in total. The Balaban J connectivity index is 1.72. The van der Waals surface area contributed by atoms with Gasteiger partial charge in [0.1, 0.15) is 17.2 Å². The SMILES string of the molecule is CC(Nc1nc(Nc2ccc(F)c(Cl)c2)nc2c(NCCCN)cccc12)C1CC1. The summed E-state index contributed by atoms with van der Waals surface area (Å²) in [5.41, 5.74) is 7.98. The van der Waals surface area contributed by atoms with Crippen molar-refractivity contribution in [2.24, 2.45) is 11.7 Å².